The molecule has 0 aromatic heterocycles. The maximum absolute atomic E-state index is 6.62. The third-order valence-electron chi connectivity index (χ3n) is 0. The molecule has 0 rings (SSSR count). The summed E-state index contributed by atoms with van der Waals surface area (Å²) in [5, 5.41) is 15.5. The Kier molecular flexibility index (Phi) is 71.9. The Hall–Kier alpha value is 0.829. The van der Waals surface area contributed by atoms with Crippen LogP contribution in [0, 0.1) is 0 Å². The van der Waals surface area contributed by atoms with Crippen LogP contribution in [0.25, 0.3) is 0 Å². The Morgan fingerprint density at radius 3 is 1.20 bits per heavy atom. The van der Waals surface area contributed by atoms with Gasteiger partial charge in [-0.1, -0.05) is 5.04 Å². The van der Waals surface area contributed by atoms with Crippen molar-refractivity contribution in [3.63, 3.8) is 0 Å². The Morgan fingerprint density at radius 1 is 1.20 bits per heavy atom. The van der Waals surface area contributed by atoms with Gasteiger partial charge in [0, 0.05) is 17.1 Å². The van der Waals surface area contributed by atoms with Crippen molar-refractivity contribution in [3.8, 4) is 0 Å². The molecule has 0 spiro atoms. The van der Waals surface area contributed by atoms with Crippen LogP contribution < -0.4 is 0 Å². The van der Waals surface area contributed by atoms with Crippen LogP contribution in [0.3, 0.4) is 0 Å². The van der Waals surface area contributed by atoms with Gasteiger partial charge in [0.25, 0.3) is 0 Å². The molecule has 36 valence electrons. The monoisotopic (exact) mass is 140 g/mol. The van der Waals surface area contributed by atoms with E-state index in [-0.39, 0.29) is 27.0 Å². The molecule has 0 aliphatic heterocycles. The van der Waals surface area contributed by atoms with E-state index in [0.717, 1.165) is 0 Å². The van der Waals surface area contributed by atoms with E-state index in [1.165, 1.54) is 0 Å². The Balaban J connectivity index is -0.0000000200. The van der Waals surface area contributed by atoms with Crippen LogP contribution in [0.4, 0.5) is 0 Å². The zero-order chi connectivity index (χ0) is 2.71. The first-order valence-electron chi connectivity index (χ1n) is 0.365. The molecule has 0 radical (unpaired) electrons. The molecule has 0 aliphatic carbocycles. The van der Waals surface area contributed by atoms with Crippen LogP contribution >= 0.6 is 9.90 Å². The summed E-state index contributed by atoms with van der Waals surface area (Å²) in [7, 11) is 0. The molecule has 0 aromatic carbocycles. The summed E-state index contributed by atoms with van der Waals surface area (Å²) >= 11 is 0. The molecule has 0 amide bonds. The van der Waals surface area contributed by atoms with E-state index < -0.39 is 0 Å². The maximum Gasteiger partial charge on any atom is 0 e. The first kappa shape index (κ1) is 17.0. The predicted molar refractivity (Wildman–Crippen MR) is 17.4 cm³/mol. The zero-order valence-corrected chi connectivity index (χ0v) is 4.88. The van der Waals surface area contributed by atoms with Crippen molar-refractivity contribution in [2.24, 2.45) is 0 Å². The molecule has 5 heavy (non-hydrogen) atoms. The van der Waals surface area contributed by atoms with Crippen molar-refractivity contribution >= 4 is 9.90 Å². The van der Waals surface area contributed by atoms with E-state index in [1.807, 2.05) is 0 Å². The van der Waals surface area contributed by atoms with Gasteiger partial charge in [-0.2, -0.15) is 9.90 Å². The summed E-state index contributed by atoms with van der Waals surface area (Å²) in [5.74, 6) is 0. The van der Waals surface area contributed by atoms with Gasteiger partial charge in [-0.05, 0) is 0 Å². The molecule has 5 heteroatoms. The standard InChI is InChI=1S/Fe.H2O3.H3P/c;1-3-2;/h;1-2H;1H3. The summed E-state index contributed by atoms with van der Waals surface area (Å²) in [6.07, 6.45) is 0. The third-order valence-corrected chi connectivity index (χ3v) is 0. The summed E-state index contributed by atoms with van der Waals surface area (Å²) < 4.78 is 0. The van der Waals surface area contributed by atoms with Crippen LogP contribution in [0.5, 0.6) is 0 Å². The smallest absolute Gasteiger partial charge is 0 e. The van der Waals surface area contributed by atoms with Crippen molar-refractivity contribution in [3.05, 3.63) is 0 Å². The van der Waals surface area contributed by atoms with Crippen molar-refractivity contribution in [2.45, 2.75) is 0 Å². The van der Waals surface area contributed by atoms with Crippen LogP contribution in [-0.2, 0) is 22.1 Å². The average molecular weight is 140 g/mol. The van der Waals surface area contributed by atoms with Crippen molar-refractivity contribution in [1.29, 1.82) is 0 Å². The minimum atomic E-state index is 0. The molecule has 0 fully saturated rings. The molecule has 2 N–H and O–H groups in total. The van der Waals surface area contributed by atoms with Gasteiger partial charge in [-0.15, -0.1) is 0 Å². The number of rotatable bonds is 0. The molecule has 0 aromatic rings. The third kappa shape index (κ3) is 56.2. The largest absolute Gasteiger partial charge is 0.221 e. The maximum atomic E-state index is 6.62. The van der Waals surface area contributed by atoms with E-state index in [1.54, 1.807) is 0 Å². The Bertz CT molecular complexity index is 6.85. The van der Waals surface area contributed by atoms with Gasteiger partial charge in [0.05, 0.1) is 0 Å². The van der Waals surface area contributed by atoms with Crippen LogP contribution in [-0.4, -0.2) is 10.5 Å². The number of hydrogen-bond acceptors (Lipinski definition) is 3. The Morgan fingerprint density at radius 2 is 1.20 bits per heavy atom. The van der Waals surface area contributed by atoms with Gasteiger partial charge in [0.15, 0.2) is 0 Å². The van der Waals surface area contributed by atoms with Crippen LogP contribution in [0.15, 0.2) is 0 Å². The SMILES string of the molecule is OOO.P.[Fe]. The summed E-state index contributed by atoms with van der Waals surface area (Å²) in [4.78, 5) is 0. The van der Waals surface area contributed by atoms with Gasteiger partial charge < -0.3 is 0 Å². The minimum Gasteiger partial charge on any atom is -0.221 e. The normalized spacial score (nSPS) is 3.60. The topological polar surface area (TPSA) is 49.7 Å². The van der Waals surface area contributed by atoms with Gasteiger partial charge in [-0.3, -0.25) is 0 Å². The van der Waals surface area contributed by atoms with E-state index in [2.05, 4.69) is 5.04 Å². The quantitative estimate of drug-likeness (QED) is 0.215. The van der Waals surface area contributed by atoms with Crippen LogP contribution in [0.2, 0.25) is 0 Å². The average Bonchev–Trinajstić information content (AvgIpc) is 0.918. The second kappa shape index (κ2) is 21.2. The van der Waals surface area contributed by atoms with Gasteiger partial charge in [0.1, 0.15) is 0 Å². The fraction of sp³-hybridized carbons (Fsp3) is 0. The molecule has 0 aliphatic rings. The zero-order valence-electron chi connectivity index (χ0n) is 2.36. The minimum absolute atomic E-state index is 0. The van der Waals surface area contributed by atoms with Crippen molar-refractivity contribution in [1.82, 2.24) is 0 Å². The molecular formula is H5FeO3P. The Labute approximate surface area is 43.3 Å². The predicted octanol–water partition coefficient (Wildman–Crippen LogP) is 0.00460. The van der Waals surface area contributed by atoms with Gasteiger partial charge in [0.2, 0.25) is 0 Å². The first-order chi connectivity index (χ1) is 1.41. The molecule has 0 bridgehead atoms. The molecule has 0 heterocycles. The van der Waals surface area contributed by atoms with E-state index in [0.29, 0.717) is 0 Å². The second-order valence-corrected chi connectivity index (χ2v) is 0.0816. The fourth-order valence-electron chi connectivity index (χ4n) is 0. The summed E-state index contributed by atoms with van der Waals surface area (Å²) in [6, 6.07) is 0. The van der Waals surface area contributed by atoms with Crippen molar-refractivity contribution in [2.75, 3.05) is 0 Å². The molecule has 0 saturated carbocycles. The second-order valence-electron chi connectivity index (χ2n) is 0.0816. The number of hydrogen-bond donors (Lipinski definition) is 2. The van der Waals surface area contributed by atoms with E-state index >= 15 is 0 Å². The fourth-order valence-corrected chi connectivity index (χ4v) is 0. The molecule has 3 nitrogen and oxygen atoms in total. The molecular weight excluding hydrogens is 135 g/mol. The molecule has 1 atom stereocenters. The van der Waals surface area contributed by atoms with Gasteiger partial charge in [-0.25, -0.2) is 10.5 Å². The van der Waals surface area contributed by atoms with E-state index in [9.17, 15) is 0 Å². The van der Waals surface area contributed by atoms with E-state index in [4.69, 9.17) is 10.5 Å². The first-order valence-corrected chi connectivity index (χ1v) is 0.365. The molecule has 1 unspecified atom stereocenters. The molecule has 0 saturated heterocycles. The van der Waals surface area contributed by atoms with Crippen LogP contribution in [0.1, 0.15) is 0 Å². The van der Waals surface area contributed by atoms with Crippen molar-refractivity contribution < 1.29 is 32.6 Å². The van der Waals surface area contributed by atoms with Gasteiger partial charge >= 0.3 is 0 Å². The summed E-state index contributed by atoms with van der Waals surface area (Å²) in [6.45, 7) is 0. The summed E-state index contributed by atoms with van der Waals surface area (Å²) in [5.41, 5.74) is 0.